The van der Waals surface area contributed by atoms with Crippen LogP contribution in [0.4, 0.5) is 0 Å². The highest BCUT2D eigenvalue weighted by Gasteiger charge is 2.14. The zero-order chi connectivity index (χ0) is 15.4. The summed E-state index contributed by atoms with van der Waals surface area (Å²) in [4.78, 5) is 14.1. The molecule has 0 unspecified atom stereocenters. The van der Waals surface area contributed by atoms with Crippen LogP contribution in [0.15, 0.2) is 51.4 Å². The van der Waals surface area contributed by atoms with Crippen molar-refractivity contribution in [3.63, 3.8) is 0 Å². The number of nitrogens with zero attached hydrogens (tertiary/aromatic N) is 1. The lowest BCUT2D eigenvalue weighted by Gasteiger charge is -2.19. The van der Waals surface area contributed by atoms with Crippen LogP contribution < -0.4 is 4.74 Å². The zero-order valence-corrected chi connectivity index (χ0v) is 14.9. The molecule has 0 saturated carbocycles. The predicted molar refractivity (Wildman–Crippen MR) is 90.6 cm³/mol. The van der Waals surface area contributed by atoms with Crippen LogP contribution in [0.3, 0.4) is 0 Å². The Labute approximate surface area is 141 Å². The van der Waals surface area contributed by atoms with Crippen molar-refractivity contribution in [1.29, 1.82) is 0 Å². The maximum absolute atomic E-state index is 12.4. The molecule has 0 heterocycles. The van der Waals surface area contributed by atoms with Crippen molar-refractivity contribution in [3.8, 4) is 5.75 Å². The third-order valence-corrected chi connectivity index (χ3v) is 4.11. The Balaban J connectivity index is 2.17. The molecule has 0 aliphatic heterocycles. The summed E-state index contributed by atoms with van der Waals surface area (Å²) < 4.78 is 7.25. The largest absolute Gasteiger partial charge is 0.496 e. The molecule has 5 heteroatoms. The first-order valence-electron chi connectivity index (χ1n) is 6.34. The number of hydrogen-bond acceptors (Lipinski definition) is 2. The standard InChI is InChI=1S/C16H15Br2NO2/c1-19(16(20)11-3-5-13(17)6-4-11)10-12-9-14(18)7-8-15(12)21-2/h3-9H,10H2,1-2H3. The van der Waals surface area contributed by atoms with E-state index in [0.717, 1.165) is 20.3 Å². The molecule has 1 amide bonds. The summed E-state index contributed by atoms with van der Waals surface area (Å²) in [5, 5.41) is 0. The van der Waals surface area contributed by atoms with Gasteiger partial charge in [-0.05, 0) is 42.5 Å². The van der Waals surface area contributed by atoms with Gasteiger partial charge in [0.2, 0.25) is 0 Å². The lowest BCUT2D eigenvalue weighted by molar-refractivity contribution is 0.0784. The summed E-state index contributed by atoms with van der Waals surface area (Å²) in [6, 6.07) is 13.1. The van der Waals surface area contributed by atoms with Crippen molar-refractivity contribution < 1.29 is 9.53 Å². The Hall–Kier alpha value is -1.33. The van der Waals surface area contributed by atoms with Crippen LogP contribution in [-0.2, 0) is 6.54 Å². The smallest absolute Gasteiger partial charge is 0.253 e. The van der Waals surface area contributed by atoms with Crippen LogP contribution in [0, 0.1) is 0 Å². The van der Waals surface area contributed by atoms with Gasteiger partial charge in [0.25, 0.3) is 5.91 Å². The summed E-state index contributed by atoms with van der Waals surface area (Å²) in [7, 11) is 3.41. The molecule has 0 bridgehead atoms. The average molecular weight is 413 g/mol. The van der Waals surface area contributed by atoms with Crippen LogP contribution in [0.5, 0.6) is 5.75 Å². The van der Waals surface area contributed by atoms with E-state index < -0.39 is 0 Å². The minimum atomic E-state index is -0.0236. The SMILES string of the molecule is COc1ccc(Br)cc1CN(C)C(=O)c1ccc(Br)cc1. The summed E-state index contributed by atoms with van der Waals surface area (Å²) >= 11 is 6.81. The first-order valence-corrected chi connectivity index (χ1v) is 7.93. The Morgan fingerprint density at radius 3 is 2.33 bits per heavy atom. The van der Waals surface area contributed by atoms with Gasteiger partial charge in [-0.1, -0.05) is 31.9 Å². The number of benzene rings is 2. The van der Waals surface area contributed by atoms with Crippen molar-refractivity contribution in [2.75, 3.05) is 14.2 Å². The molecular weight excluding hydrogens is 398 g/mol. The van der Waals surface area contributed by atoms with E-state index in [1.807, 2.05) is 30.3 Å². The number of amides is 1. The first kappa shape index (κ1) is 16.0. The number of rotatable bonds is 4. The van der Waals surface area contributed by atoms with Crippen molar-refractivity contribution in [2.45, 2.75) is 6.54 Å². The quantitative estimate of drug-likeness (QED) is 0.740. The molecule has 0 fully saturated rings. The lowest BCUT2D eigenvalue weighted by atomic mass is 10.1. The highest BCUT2D eigenvalue weighted by Crippen LogP contribution is 2.24. The summed E-state index contributed by atoms with van der Waals surface area (Å²) in [5.41, 5.74) is 1.62. The molecule has 2 aromatic rings. The monoisotopic (exact) mass is 411 g/mol. The first-order chi connectivity index (χ1) is 10.0. The second-order valence-electron chi connectivity index (χ2n) is 4.62. The molecule has 0 atom stereocenters. The van der Waals surface area contributed by atoms with E-state index in [2.05, 4.69) is 31.9 Å². The molecule has 0 aliphatic rings. The Morgan fingerprint density at radius 2 is 1.71 bits per heavy atom. The van der Waals surface area contributed by atoms with Gasteiger partial charge in [0.1, 0.15) is 5.75 Å². The van der Waals surface area contributed by atoms with Crippen LogP contribution in [0.1, 0.15) is 15.9 Å². The molecule has 2 aromatic carbocycles. The minimum absolute atomic E-state index is 0.0236. The van der Waals surface area contributed by atoms with E-state index in [1.54, 1.807) is 31.2 Å². The Morgan fingerprint density at radius 1 is 1.10 bits per heavy atom. The van der Waals surface area contributed by atoms with Gasteiger partial charge < -0.3 is 9.64 Å². The number of hydrogen-bond donors (Lipinski definition) is 0. The van der Waals surface area contributed by atoms with Gasteiger partial charge in [0, 0.05) is 33.7 Å². The van der Waals surface area contributed by atoms with Gasteiger partial charge in [0.05, 0.1) is 7.11 Å². The van der Waals surface area contributed by atoms with Crippen LogP contribution in [-0.4, -0.2) is 25.0 Å². The highest BCUT2D eigenvalue weighted by molar-refractivity contribution is 9.10. The van der Waals surface area contributed by atoms with E-state index in [9.17, 15) is 4.79 Å². The van der Waals surface area contributed by atoms with Crippen molar-refractivity contribution in [1.82, 2.24) is 4.90 Å². The zero-order valence-electron chi connectivity index (χ0n) is 11.8. The summed E-state index contributed by atoms with van der Waals surface area (Å²) in [6.07, 6.45) is 0. The summed E-state index contributed by atoms with van der Waals surface area (Å²) in [6.45, 7) is 0.484. The Bertz CT molecular complexity index is 641. The predicted octanol–water partition coefficient (Wildman–Crippen LogP) is 4.49. The number of carbonyl (C=O) groups is 1. The van der Waals surface area contributed by atoms with Crippen molar-refractivity contribution in [3.05, 3.63) is 62.5 Å². The fraction of sp³-hybridized carbons (Fsp3) is 0.188. The second-order valence-corrected chi connectivity index (χ2v) is 6.46. The molecule has 21 heavy (non-hydrogen) atoms. The summed E-state index contributed by atoms with van der Waals surface area (Å²) in [5.74, 6) is 0.748. The number of methoxy groups -OCH3 is 1. The van der Waals surface area contributed by atoms with Gasteiger partial charge in [-0.15, -0.1) is 0 Å². The number of ether oxygens (including phenoxy) is 1. The highest BCUT2D eigenvalue weighted by atomic mass is 79.9. The maximum atomic E-state index is 12.4. The third-order valence-electron chi connectivity index (χ3n) is 3.09. The Kier molecular flexibility index (Phi) is 5.42. The molecule has 0 spiro atoms. The molecule has 3 nitrogen and oxygen atoms in total. The second kappa shape index (κ2) is 7.09. The topological polar surface area (TPSA) is 29.5 Å². The maximum Gasteiger partial charge on any atom is 0.253 e. The van der Waals surface area contributed by atoms with Crippen molar-refractivity contribution in [2.24, 2.45) is 0 Å². The van der Waals surface area contributed by atoms with Gasteiger partial charge in [-0.25, -0.2) is 0 Å². The molecule has 0 radical (unpaired) electrons. The lowest BCUT2D eigenvalue weighted by Crippen LogP contribution is -2.26. The molecular formula is C16H15Br2NO2. The molecule has 0 saturated heterocycles. The van der Waals surface area contributed by atoms with Gasteiger partial charge >= 0.3 is 0 Å². The normalized spacial score (nSPS) is 10.3. The molecule has 110 valence electrons. The number of halogens is 2. The molecule has 0 aromatic heterocycles. The van der Waals surface area contributed by atoms with Gasteiger partial charge in [-0.3, -0.25) is 4.79 Å². The van der Waals surface area contributed by atoms with Crippen LogP contribution >= 0.6 is 31.9 Å². The number of carbonyl (C=O) groups excluding carboxylic acids is 1. The van der Waals surface area contributed by atoms with E-state index >= 15 is 0 Å². The fourth-order valence-electron chi connectivity index (χ4n) is 2.01. The van der Waals surface area contributed by atoms with Gasteiger partial charge in [-0.2, -0.15) is 0 Å². The molecule has 2 rings (SSSR count). The van der Waals surface area contributed by atoms with Crippen LogP contribution in [0.25, 0.3) is 0 Å². The van der Waals surface area contributed by atoms with Gasteiger partial charge in [0.15, 0.2) is 0 Å². The van der Waals surface area contributed by atoms with E-state index in [-0.39, 0.29) is 5.91 Å². The molecule has 0 N–H and O–H groups in total. The fourth-order valence-corrected chi connectivity index (χ4v) is 2.68. The third kappa shape index (κ3) is 4.08. The molecule has 0 aliphatic carbocycles. The minimum Gasteiger partial charge on any atom is -0.496 e. The van der Waals surface area contributed by atoms with E-state index in [1.165, 1.54) is 0 Å². The van der Waals surface area contributed by atoms with E-state index in [0.29, 0.717) is 12.1 Å². The van der Waals surface area contributed by atoms with Crippen LogP contribution in [0.2, 0.25) is 0 Å². The van der Waals surface area contributed by atoms with E-state index in [4.69, 9.17) is 4.74 Å². The van der Waals surface area contributed by atoms with Crippen molar-refractivity contribution >= 4 is 37.8 Å². The average Bonchev–Trinajstić information content (AvgIpc) is 2.47.